The van der Waals surface area contributed by atoms with Gasteiger partial charge in [0.05, 0.1) is 29.5 Å². The summed E-state index contributed by atoms with van der Waals surface area (Å²) in [6.07, 6.45) is -0.378. The minimum Gasteiger partial charge on any atom is -0.495 e. The van der Waals surface area contributed by atoms with Crippen LogP contribution < -0.4 is 25.8 Å². The number of amidine groups is 1. The first kappa shape index (κ1) is 22.6. The van der Waals surface area contributed by atoms with Crippen LogP contribution in [0.1, 0.15) is 11.1 Å². The predicted molar refractivity (Wildman–Crippen MR) is 128 cm³/mol. The molecule has 2 aromatic rings. The van der Waals surface area contributed by atoms with Crippen molar-refractivity contribution in [3.8, 4) is 5.75 Å². The van der Waals surface area contributed by atoms with Crippen LogP contribution in [0.4, 0.5) is 11.4 Å². The van der Waals surface area contributed by atoms with Gasteiger partial charge in [-0.1, -0.05) is 41.6 Å². The minimum atomic E-state index is -0.378. The highest BCUT2D eigenvalue weighted by molar-refractivity contribution is 8.14. The van der Waals surface area contributed by atoms with Crippen molar-refractivity contribution in [1.29, 1.82) is 0 Å². The van der Waals surface area contributed by atoms with E-state index in [1.165, 1.54) is 23.8 Å². The molecule has 1 saturated heterocycles. The second kappa shape index (κ2) is 9.50. The van der Waals surface area contributed by atoms with Gasteiger partial charge in [-0.05, 0) is 43.2 Å². The summed E-state index contributed by atoms with van der Waals surface area (Å²) < 4.78 is 5.22. The molecule has 0 bridgehead atoms. The van der Waals surface area contributed by atoms with Crippen LogP contribution in [0.15, 0.2) is 41.4 Å². The number of thioether (sulfide) groups is 1. The summed E-state index contributed by atoms with van der Waals surface area (Å²) in [5, 5.41) is 3.79. The Morgan fingerprint density at radius 2 is 2.06 bits per heavy atom. The van der Waals surface area contributed by atoms with E-state index in [9.17, 15) is 9.59 Å². The number of para-hydroxylation sites is 1. The molecule has 2 atom stereocenters. The Kier molecular flexibility index (Phi) is 6.71. The molecule has 10 heteroatoms. The van der Waals surface area contributed by atoms with Crippen LogP contribution in [-0.2, 0) is 9.59 Å². The number of hydrazine groups is 1. The molecule has 3 N–H and O–H groups in total. The summed E-state index contributed by atoms with van der Waals surface area (Å²) in [4.78, 5) is 32.2. The van der Waals surface area contributed by atoms with Gasteiger partial charge in [0.15, 0.2) is 5.17 Å². The largest absolute Gasteiger partial charge is 0.495 e. The van der Waals surface area contributed by atoms with Gasteiger partial charge in [0, 0.05) is 12.2 Å². The zero-order valence-electron chi connectivity index (χ0n) is 17.9. The molecule has 0 spiro atoms. The first-order chi connectivity index (χ1) is 15.4. The summed E-state index contributed by atoms with van der Waals surface area (Å²) in [5.74, 6) is -0.00789. The molecule has 1 fully saturated rings. The number of hydrogen-bond acceptors (Lipinski definition) is 7. The average molecular weight is 474 g/mol. The number of halogens is 1. The van der Waals surface area contributed by atoms with Crippen molar-refractivity contribution >= 4 is 51.7 Å². The van der Waals surface area contributed by atoms with Crippen molar-refractivity contribution in [2.24, 2.45) is 10.9 Å². The van der Waals surface area contributed by atoms with E-state index in [1.54, 1.807) is 18.2 Å². The number of anilines is 2. The average Bonchev–Trinajstić information content (AvgIpc) is 3.24. The first-order valence-electron chi connectivity index (χ1n) is 10.1. The van der Waals surface area contributed by atoms with Gasteiger partial charge < -0.3 is 10.1 Å². The van der Waals surface area contributed by atoms with Gasteiger partial charge in [0.25, 0.3) is 0 Å². The molecule has 0 saturated carbocycles. The Balaban J connectivity index is 1.56. The Hall–Kier alpha value is -2.59. The summed E-state index contributed by atoms with van der Waals surface area (Å²) in [6, 6.07) is 11.0. The molecule has 32 heavy (non-hydrogen) atoms. The molecule has 8 nitrogen and oxygen atoms in total. The number of aliphatic imine (C=N–C) groups is 1. The molecule has 0 aromatic heterocycles. The number of rotatable bonds is 5. The number of fused-ring (bicyclic) bond motifs is 1. The predicted octanol–water partition coefficient (Wildman–Crippen LogP) is 3.09. The quantitative estimate of drug-likeness (QED) is 0.617. The first-order valence-corrected chi connectivity index (χ1v) is 11.5. The number of nitrogens with one attached hydrogen (secondary N) is 3. The molecular weight excluding hydrogens is 450 g/mol. The fourth-order valence-corrected chi connectivity index (χ4v) is 4.82. The Labute approximate surface area is 195 Å². The standard InChI is InChI=1S/C22H24ClN5O3S/c1-12-5-4-6-13(2)19(12)25-18(29)11-32-22-26-20-15(10-24-27-20)21(30)28(22)14-7-8-17(31-3)16(23)9-14/h4-9,15,20,24,27H,10-11H2,1-3H3,(H,25,29). The molecule has 2 aliphatic rings. The van der Waals surface area contributed by atoms with Crippen LogP contribution in [0.5, 0.6) is 5.75 Å². The second-order valence-electron chi connectivity index (χ2n) is 7.58. The maximum absolute atomic E-state index is 13.3. The van der Waals surface area contributed by atoms with Gasteiger partial charge in [-0.3, -0.25) is 19.9 Å². The number of ether oxygens (including phenoxy) is 1. The van der Waals surface area contributed by atoms with Crippen LogP contribution >= 0.6 is 23.4 Å². The number of amides is 2. The molecule has 0 radical (unpaired) electrons. The van der Waals surface area contributed by atoms with E-state index in [2.05, 4.69) is 16.2 Å². The van der Waals surface area contributed by atoms with Gasteiger partial charge in [0.2, 0.25) is 11.8 Å². The van der Waals surface area contributed by atoms with Crippen molar-refractivity contribution < 1.29 is 14.3 Å². The number of carbonyl (C=O) groups is 2. The number of hydrogen-bond donors (Lipinski definition) is 3. The summed E-state index contributed by atoms with van der Waals surface area (Å²) >= 11 is 7.51. The van der Waals surface area contributed by atoms with E-state index in [4.69, 9.17) is 21.3 Å². The van der Waals surface area contributed by atoms with Crippen LogP contribution in [0.25, 0.3) is 0 Å². The van der Waals surface area contributed by atoms with E-state index in [0.29, 0.717) is 28.2 Å². The Morgan fingerprint density at radius 3 is 2.75 bits per heavy atom. The Morgan fingerprint density at radius 1 is 1.31 bits per heavy atom. The van der Waals surface area contributed by atoms with E-state index in [1.807, 2.05) is 32.0 Å². The van der Waals surface area contributed by atoms with Crippen LogP contribution in [0.2, 0.25) is 5.02 Å². The Bertz CT molecular complexity index is 1070. The molecule has 2 heterocycles. The zero-order chi connectivity index (χ0) is 22.8. The number of carbonyl (C=O) groups excluding carboxylic acids is 2. The van der Waals surface area contributed by atoms with E-state index in [-0.39, 0.29) is 29.7 Å². The highest BCUT2D eigenvalue weighted by atomic mass is 35.5. The summed E-state index contributed by atoms with van der Waals surface area (Å²) in [7, 11) is 1.53. The van der Waals surface area contributed by atoms with Gasteiger partial charge in [-0.15, -0.1) is 0 Å². The number of benzene rings is 2. The van der Waals surface area contributed by atoms with Crippen LogP contribution in [0, 0.1) is 19.8 Å². The SMILES string of the molecule is COc1ccc(N2C(=O)C3CNNC3N=C2SCC(=O)Nc2c(C)cccc2C)cc1Cl. The molecule has 2 unspecified atom stereocenters. The lowest BCUT2D eigenvalue weighted by Gasteiger charge is -2.32. The van der Waals surface area contributed by atoms with Crippen molar-refractivity contribution in [3.63, 3.8) is 0 Å². The van der Waals surface area contributed by atoms with E-state index < -0.39 is 0 Å². The number of nitrogens with zero attached hydrogens (tertiary/aromatic N) is 2. The maximum Gasteiger partial charge on any atom is 0.241 e. The minimum absolute atomic E-state index is 0.102. The van der Waals surface area contributed by atoms with Crippen molar-refractivity contribution in [3.05, 3.63) is 52.5 Å². The normalized spacial score (nSPS) is 20.1. The highest BCUT2D eigenvalue weighted by Gasteiger charge is 2.42. The third-order valence-corrected chi connectivity index (χ3v) is 6.65. The third kappa shape index (κ3) is 4.47. The molecule has 2 aliphatic heterocycles. The fraction of sp³-hybridized carbons (Fsp3) is 0.318. The van der Waals surface area contributed by atoms with Crippen molar-refractivity contribution in [1.82, 2.24) is 10.9 Å². The smallest absolute Gasteiger partial charge is 0.241 e. The number of aryl methyl sites for hydroxylation is 2. The number of methoxy groups -OCH3 is 1. The van der Waals surface area contributed by atoms with Gasteiger partial charge in [-0.2, -0.15) is 0 Å². The second-order valence-corrected chi connectivity index (χ2v) is 8.93. The molecule has 0 aliphatic carbocycles. The highest BCUT2D eigenvalue weighted by Crippen LogP contribution is 2.34. The van der Waals surface area contributed by atoms with Gasteiger partial charge in [0.1, 0.15) is 11.9 Å². The van der Waals surface area contributed by atoms with E-state index in [0.717, 1.165) is 16.8 Å². The lowest BCUT2D eigenvalue weighted by Crippen LogP contribution is -2.49. The molecule has 2 amide bonds. The molecular formula is C22H24ClN5O3S. The van der Waals surface area contributed by atoms with Crippen LogP contribution in [0.3, 0.4) is 0 Å². The summed E-state index contributed by atoms with van der Waals surface area (Å²) in [6.45, 7) is 4.37. The topological polar surface area (TPSA) is 95.1 Å². The lowest BCUT2D eigenvalue weighted by molar-refractivity contribution is -0.121. The van der Waals surface area contributed by atoms with Crippen LogP contribution in [-0.4, -0.2) is 42.6 Å². The zero-order valence-corrected chi connectivity index (χ0v) is 19.5. The van der Waals surface area contributed by atoms with Crippen molar-refractivity contribution in [2.75, 3.05) is 29.6 Å². The third-order valence-electron chi connectivity index (χ3n) is 5.40. The lowest BCUT2D eigenvalue weighted by atomic mass is 10.0. The van der Waals surface area contributed by atoms with Crippen molar-refractivity contribution in [2.45, 2.75) is 20.0 Å². The molecule has 168 valence electrons. The van der Waals surface area contributed by atoms with Gasteiger partial charge >= 0.3 is 0 Å². The monoisotopic (exact) mass is 473 g/mol. The van der Waals surface area contributed by atoms with E-state index >= 15 is 0 Å². The maximum atomic E-state index is 13.3. The molecule has 2 aromatic carbocycles. The summed E-state index contributed by atoms with van der Waals surface area (Å²) in [5.41, 5.74) is 9.37. The van der Waals surface area contributed by atoms with Gasteiger partial charge in [-0.25, -0.2) is 10.4 Å². The fourth-order valence-electron chi connectivity index (χ4n) is 3.72. The molecule has 4 rings (SSSR count).